The highest BCUT2D eigenvalue weighted by Gasteiger charge is 2.27. The van der Waals surface area contributed by atoms with E-state index in [-0.39, 0.29) is 30.1 Å². The lowest BCUT2D eigenvalue weighted by molar-refractivity contribution is -0.0265. The molecular formula is C23H41IN4O. The Labute approximate surface area is 195 Å². The lowest BCUT2D eigenvalue weighted by Gasteiger charge is -2.33. The summed E-state index contributed by atoms with van der Waals surface area (Å²) >= 11 is 0. The summed E-state index contributed by atoms with van der Waals surface area (Å²) in [6, 6.07) is 9.26. The number of likely N-dealkylation sites (N-methyl/N-ethyl adjacent to an activating group) is 1. The molecule has 2 rings (SSSR count). The van der Waals surface area contributed by atoms with Crippen molar-refractivity contribution in [1.82, 2.24) is 15.5 Å². The van der Waals surface area contributed by atoms with Crippen molar-refractivity contribution in [3.05, 3.63) is 35.4 Å². The van der Waals surface area contributed by atoms with Crippen molar-refractivity contribution in [1.29, 1.82) is 0 Å². The van der Waals surface area contributed by atoms with Crippen LogP contribution < -0.4 is 10.6 Å². The number of hydrogen-bond donors (Lipinski definition) is 2. The number of aliphatic imine (C=N–C) groups is 1. The van der Waals surface area contributed by atoms with Crippen LogP contribution in [0.2, 0.25) is 0 Å². The summed E-state index contributed by atoms with van der Waals surface area (Å²) in [5.41, 5.74) is 2.57. The Kier molecular flexibility index (Phi) is 12.1. The molecule has 3 atom stereocenters. The van der Waals surface area contributed by atoms with Gasteiger partial charge in [-0.25, -0.2) is 0 Å². The summed E-state index contributed by atoms with van der Waals surface area (Å²) in [6.45, 7) is 9.29. The van der Waals surface area contributed by atoms with Crippen molar-refractivity contribution in [2.75, 3.05) is 40.8 Å². The van der Waals surface area contributed by atoms with Crippen molar-refractivity contribution in [2.45, 2.75) is 52.2 Å². The molecule has 0 bridgehead atoms. The van der Waals surface area contributed by atoms with E-state index in [0.717, 1.165) is 32.1 Å². The Morgan fingerprint density at radius 1 is 1.21 bits per heavy atom. The number of nitrogens with zero attached hydrogens (tertiary/aromatic N) is 2. The van der Waals surface area contributed by atoms with Crippen LogP contribution in [0.15, 0.2) is 29.3 Å². The predicted molar refractivity (Wildman–Crippen MR) is 134 cm³/mol. The molecule has 166 valence electrons. The first-order valence-corrected chi connectivity index (χ1v) is 10.7. The first-order valence-electron chi connectivity index (χ1n) is 10.7. The van der Waals surface area contributed by atoms with Crippen LogP contribution in [0.4, 0.5) is 0 Å². The Morgan fingerprint density at radius 3 is 2.48 bits per heavy atom. The molecule has 0 aromatic heterocycles. The third kappa shape index (κ3) is 8.80. The number of aryl methyl sites for hydroxylation is 1. The van der Waals surface area contributed by atoms with E-state index in [2.05, 4.69) is 79.7 Å². The SMILES string of the molecule is CN=C(NCC1CCCOC1c1ccc(C)cc1)NCC(CC(C)C)N(C)C.I. The van der Waals surface area contributed by atoms with Gasteiger partial charge < -0.3 is 20.3 Å². The molecule has 1 aliphatic heterocycles. The molecule has 1 aromatic carbocycles. The summed E-state index contributed by atoms with van der Waals surface area (Å²) in [4.78, 5) is 6.72. The highest BCUT2D eigenvalue weighted by Crippen LogP contribution is 2.33. The fourth-order valence-corrected chi connectivity index (χ4v) is 3.86. The molecule has 0 spiro atoms. The molecule has 29 heavy (non-hydrogen) atoms. The second-order valence-electron chi connectivity index (χ2n) is 8.69. The van der Waals surface area contributed by atoms with Gasteiger partial charge in [-0.05, 0) is 51.8 Å². The van der Waals surface area contributed by atoms with E-state index in [1.165, 1.54) is 24.0 Å². The van der Waals surface area contributed by atoms with E-state index in [1.807, 2.05) is 7.05 Å². The molecule has 0 saturated carbocycles. The van der Waals surface area contributed by atoms with Crippen LogP contribution in [0.25, 0.3) is 0 Å². The zero-order valence-electron chi connectivity index (χ0n) is 19.1. The van der Waals surface area contributed by atoms with Crippen LogP contribution in [-0.2, 0) is 4.74 Å². The maximum Gasteiger partial charge on any atom is 0.191 e. The number of ether oxygens (including phenoxy) is 1. The second kappa shape index (κ2) is 13.4. The molecule has 1 heterocycles. The lowest BCUT2D eigenvalue weighted by atomic mass is 9.89. The van der Waals surface area contributed by atoms with Gasteiger partial charge in [-0.1, -0.05) is 43.7 Å². The third-order valence-electron chi connectivity index (χ3n) is 5.58. The van der Waals surface area contributed by atoms with Gasteiger partial charge in [-0.2, -0.15) is 0 Å². The van der Waals surface area contributed by atoms with Crippen LogP contribution in [0.1, 0.15) is 50.3 Å². The summed E-state index contributed by atoms with van der Waals surface area (Å²) in [6.07, 6.45) is 3.63. The van der Waals surface area contributed by atoms with Crippen LogP contribution in [0.3, 0.4) is 0 Å². The van der Waals surface area contributed by atoms with E-state index in [9.17, 15) is 0 Å². The predicted octanol–water partition coefficient (Wildman–Crippen LogP) is 4.22. The van der Waals surface area contributed by atoms with Gasteiger partial charge >= 0.3 is 0 Å². The van der Waals surface area contributed by atoms with E-state index >= 15 is 0 Å². The zero-order chi connectivity index (χ0) is 20.5. The number of benzene rings is 1. The summed E-state index contributed by atoms with van der Waals surface area (Å²) in [5, 5.41) is 7.05. The van der Waals surface area contributed by atoms with Gasteiger partial charge in [0.15, 0.2) is 5.96 Å². The van der Waals surface area contributed by atoms with Crippen molar-refractivity contribution in [3.8, 4) is 0 Å². The topological polar surface area (TPSA) is 48.9 Å². The van der Waals surface area contributed by atoms with Gasteiger partial charge in [0.05, 0.1) is 6.10 Å². The van der Waals surface area contributed by atoms with E-state index in [4.69, 9.17) is 4.74 Å². The first kappa shape index (κ1) is 26.2. The largest absolute Gasteiger partial charge is 0.373 e. The summed E-state index contributed by atoms with van der Waals surface area (Å²) in [5.74, 6) is 2.01. The summed E-state index contributed by atoms with van der Waals surface area (Å²) < 4.78 is 6.15. The average molecular weight is 517 g/mol. The van der Waals surface area contributed by atoms with Crippen molar-refractivity contribution in [2.24, 2.45) is 16.8 Å². The standard InChI is InChI=1S/C23H40N4O.HI/c1-17(2)14-21(27(5)6)16-26-23(24-4)25-15-20-8-7-13-28-22(20)19-11-9-18(3)10-12-19;/h9-12,17,20-22H,7-8,13-16H2,1-6H3,(H2,24,25,26);1H. The van der Waals surface area contributed by atoms with E-state index in [0.29, 0.717) is 17.9 Å². The van der Waals surface area contributed by atoms with E-state index in [1.54, 1.807) is 0 Å². The van der Waals surface area contributed by atoms with Crippen LogP contribution in [-0.4, -0.2) is 57.7 Å². The van der Waals surface area contributed by atoms with Gasteiger partial charge in [-0.15, -0.1) is 24.0 Å². The fourth-order valence-electron chi connectivity index (χ4n) is 3.86. The average Bonchev–Trinajstić information content (AvgIpc) is 2.67. The molecule has 6 heteroatoms. The number of guanidine groups is 1. The molecule has 0 aliphatic carbocycles. The Balaban J connectivity index is 0.00000420. The van der Waals surface area contributed by atoms with Crippen LogP contribution in [0, 0.1) is 18.8 Å². The normalized spacial score (nSPS) is 21.0. The van der Waals surface area contributed by atoms with Gasteiger partial charge in [0.2, 0.25) is 0 Å². The zero-order valence-corrected chi connectivity index (χ0v) is 21.4. The van der Waals surface area contributed by atoms with Crippen molar-refractivity contribution < 1.29 is 4.74 Å². The maximum absolute atomic E-state index is 6.15. The molecule has 1 aliphatic rings. The number of halogens is 1. The number of nitrogens with one attached hydrogen (secondary N) is 2. The van der Waals surface area contributed by atoms with Crippen LogP contribution >= 0.6 is 24.0 Å². The molecule has 3 unspecified atom stereocenters. The Morgan fingerprint density at radius 2 is 1.90 bits per heavy atom. The van der Waals surface area contributed by atoms with Gasteiger partial charge in [0.25, 0.3) is 0 Å². The van der Waals surface area contributed by atoms with Crippen molar-refractivity contribution >= 4 is 29.9 Å². The minimum absolute atomic E-state index is 0. The van der Waals surface area contributed by atoms with Gasteiger partial charge in [0, 0.05) is 38.7 Å². The molecule has 0 amide bonds. The highest BCUT2D eigenvalue weighted by molar-refractivity contribution is 14.0. The quantitative estimate of drug-likeness (QED) is 0.309. The fraction of sp³-hybridized carbons (Fsp3) is 0.696. The molecule has 0 radical (unpaired) electrons. The van der Waals surface area contributed by atoms with E-state index < -0.39 is 0 Å². The van der Waals surface area contributed by atoms with Crippen molar-refractivity contribution in [3.63, 3.8) is 0 Å². The minimum atomic E-state index is 0. The monoisotopic (exact) mass is 516 g/mol. The molecule has 1 aromatic rings. The molecule has 2 N–H and O–H groups in total. The number of rotatable bonds is 8. The molecular weight excluding hydrogens is 475 g/mol. The van der Waals surface area contributed by atoms with Gasteiger partial charge in [-0.3, -0.25) is 4.99 Å². The molecule has 1 saturated heterocycles. The van der Waals surface area contributed by atoms with Crippen LogP contribution in [0.5, 0.6) is 0 Å². The molecule has 1 fully saturated rings. The second-order valence-corrected chi connectivity index (χ2v) is 8.69. The third-order valence-corrected chi connectivity index (χ3v) is 5.58. The smallest absolute Gasteiger partial charge is 0.191 e. The van der Waals surface area contributed by atoms with Gasteiger partial charge in [0.1, 0.15) is 0 Å². The Bertz CT molecular complexity index is 603. The highest BCUT2D eigenvalue weighted by atomic mass is 127. The number of hydrogen-bond acceptors (Lipinski definition) is 3. The Hall–Kier alpha value is -0.860. The molecule has 5 nitrogen and oxygen atoms in total. The summed E-state index contributed by atoms with van der Waals surface area (Å²) in [7, 11) is 6.14. The first-order chi connectivity index (χ1) is 13.4. The minimum Gasteiger partial charge on any atom is -0.373 e. The lowest BCUT2D eigenvalue weighted by Crippen LogP contribution is -2.47. The maximum atomic E-state index is 6.15.